The predicted molar refractivity (Wildman–Crippen MR) is 80.8 cm³/mol. The summed E-state index contributed by atoms with van der Waals surface area (Å²) >= 11 is 0. The summed E-state index contributed by atoms with van der Waals surface area (Å²) in [5.41, 5.74) is 0.316. The Balaban J connectivity index is 1.79. The summed E-state index contributed by atoms with van der Waals surface area (Å²) in [6.45, 7) is 9.66. The maximum absolute atomic E-state index is 12.4. The van der Waals surface area contributed by atoms with Crippen molar-refractivity contribution in [3.8, 4) is 0 Å². The molecule has 0 radical (unpaired) electrons. The number of likely N-dealkylation sites (tertiary alicyclic amines) is 1. The quantitative estimate of drug-likeness (QED) is 0.760. The molecule has 0 aromatic heterocycles. The molecule has 1 aliphatic carbocycles. The average molecular weight is 282 g/mol. The van der Waals surface area contributed by atoms with Crippen LogP contribution in [0.15, 0.2) is 0 Å². The number of amides is 2. The third-order valence-electron chi connectivity index (χ3n) is 5.16. The van der Waals surface area contributed by atoms with Crippen LogP contribution in [0.4, 0.5) is 4.79 Å². The lowest BCUT2D eigenvalue weighted by Crippen LogP contribution is -2.51. The zero-order valence-electron chi connectivity index (χ0n) is 13.3. The molecule has 1 N–H and O–H groups in total. The first-order chi connectivity index (χ1) is 9.49. The normalized spacial score (nSPS) is 23.4. The van der Waals surface area contributed by atoms with E-state index in [4.69, 9.17) is 4.74 Å². The van der Waals surface area contributed by atoms with Crippen molar-refractivity contribution >= 4 is 6.03 Å². The van der Waals surface area contributed by atoms with Gasteiger partial charge in [0.15, 0.2) is 0 Å². The number of nitrogens with one attached hydrogen (secondary N) is 1. The fourth-order valence-electron chi connectivity index (χ4n) is 3.47. The van der Waals surface area contributed by atoms with Crippen LogP contribution in [0.1, 0.15) is 59.3 Å². The van der Waals surface area contributed by atoms with Crippen molar-refractivity contribution in [3.63, 3.8) is 0 Å². The van der Waals surface area contributed by atoms with Crippen LogP contribution in [0.3, 0.4) is 0 Å². The fraction of sp³-hybridized carbons (Fsp3) is 0.938. The monoisotopic (exact) mass is 282 g/mol. The van der Waals surface area contributed by atoms with E-state index in [-0.39, 0.29) is 11.6 Å². The zero-order valence-corrected chi connectivity index (χ0v) is 13.3. The van der Waals surface area contributed by atoms with Crippen LogP contribution >= 0.6 is 0 Å². The van der Waals surface area contributed by atoms with Gasteiger partial charge in [0.05, 0.1) is 0 Å². The van der Waals surface area contributed by atoms with Crippen LogP contribution in [-0.2, 0) is 4.74 Å². The smallest absolute Gasteiger partial charge is 0.317 e. The Morgan fingerprint density at radius 1 is 1.25 bits per heavy atom. The van der Waals surface area contributed by atoms with Gasteiger partial charge in [-0.2, -0.15) is 0 Å². The minimum Gasteiger partial charge on any atom is -0.382 e. The minimum absolute atomic E-state index is 0.0161. The van der Waals surface area contributed by atoms with Crippen molar-refractivity contribution < 1.29 is 9.53 Å². The number of carbonyl (C=O) groups is 1. The number of urea groups is 1. The number of hydrogen-bond donors (Lipinski definition) is 1. The van der Waals surface area contributed by atoms with Crippen LogP contribution in [0.2, 0.25) is 0 Å². The first kappa shape index (κ1) is 15.6. The van der Waals surface area contributed by atoms with Crippen molar-refractivity contribution in [1.82, 2.24) is 10.2 Å². The van der Waals surface area contributed by atoms with Gasteiger partial charge in [-0.3, -0.25) is 0 Å². The molecule has 1 heterocycles. The molecule has 4 heteroatoms. The Hall–Kier alpha value is -0.770. The summed E-state index contributed by atoms with van der Waals surface area (Å²) in [4.78, 5) is 14.4. The van der Waals surface area contributed by atoms with Gasteiger partial charge in [-0.05, 0) is 58.3 Å². The van der Waals surface area contributed by atoms with Gasteiger partial charge in [-0.1, -0.05) is 6.42 Å². The molecule has 2 aliphatic rings. The Morgan fingerprint density at radius 2 is 2.00 bits per heavy atom. The zero-order chi connectivity index (χ0) is 14.6. The maximum atomic E-state index is 12.4. The predicted octanol–water partition coefficient (Wildman–Crippen LogP) is 3.17. The molecule has 0 bridgehead atoms. The van der Waals surface area contributed by atoms with Crippen molar-refractivity contribution in [1.29, 1.82) is 0 Å². The Morgan fingerprint density at radius 3 is 2.50 bits per heavy atom. The lowest BCUT2D eigenvalue weighted by Gasteiger charge is -2.43. The highest BCUT2D eigenvalue weighted by Crippen LogP contribution is 2.43. The van der Waals surface area contributed by atoms with Gasteiger partial charge in [0.1, 0.15) is 0 Å². The number of carbonyl (C=O) groups excluding carboxylic acids is 1. The topological polar surface area (TPSA) is 41.6 Å². The summed E-state index contributed by atoms with van der Waals surface area (Å²) in [5, 5.41) is 3.18. The van der Waals surface area contributed by atoms with Gasteiger partial charge in [0.25, 0.3) is 0 Å². The molecule has 0 aromatic carbocycles. The van der Waals surface area contributed by atoms with Crippen LogP contribution < -0.4 is 5.32 Å². The maximum Gasteiger partial charge on any atom is 0.317 e. The molecule has 2 amide bonds. The van der Waals surface area contributed by atoms with E-state index in [0.29, 0.717) is 5.41 Å². The number of ether oxygens (including phenoxy) is 1. The van der Waals surface area contributed by atoms with Crippen molar-refractivity contribution in [3.05, 3.63) is 0 Å². The molecule has 0 spiro atoms. The van der Waals surface area contributed by atoms with Gasteiger partial charge in [-0.15, -0.1) is 0 Å². The highest BCUT2D eigenvalue weighted by atomic mass is 16.5. The average Bonchev–Trinajstić information content (AvgIpc) is 2.71. The second-order valence-electron chi connectivity index (χ2n) is 7.03. The molecule has 1 aliphatic heterocycles. The van der Waals surface area contributed by atoms with E-state index in [1.807, 2.05) is 11.8 Å². The number of hydrogen-bond acceptors (Lipinski definition) is 2. The lowest BCUT2D eigenvalue weighted by atomic mass is 9.67. The third-order valence-corrected chi connectivity index (χ3v) is 5.16. The van der Waals surface area contributed by atoms with Crippen molar-refractivity contribution in [2.75, 3.05) is 26.3 Å². The molecule has 0 unspecified atom stereocenters. The van der Waals surface area contributed by atoms with Crippen LogP contribution in [0.5, 0.6) is 0 Å². The van der Waals surface area contributed by atoms with E-state index in [1.54, 1.807) is 0 Å². The Bertz CT molecular complexity index is 337. The summed E-state index contributed by atoms with van der Waals surface area (Å²) in [7, 11) is 0. The highest BCUT2D eigenvalue weighted by molar-refractivity contribution is 5.75. The SMILES string of the molecule is CCOCCC1(CNC(=O)N2CCCC2(C)C)CCC1. The van der Waals surface area contributed by atoms with Gasteiger partial charge in [0, 0.05) is 31.8 Å². The molecular formula is C16H30N2O2. The number of rotatable bonds is 6. The first-order valence-corrected chi connectivity index (χ1v) is 8.12. The van der Waals surface area contributed by atoms with E-state index in [9.17, 15) is 4.79 Å². The third kappa shape index (κ3) is 3.46. The molecule has 4 nitrogen and oxygen atoms in total. The molecule has 0 aromatic rings. The van der Waals surface area contributed by atoms with Gasteiger partial charge in [-0.25, -0.2) is 4.79 Å². The van der Waals surface area contributed by atoms with Crippen molar-refractivity contribution in [2.24, 2.45) is 5.41 Å². The molecule has 2 rings (SSSR count). The highest BCUT2D eigenvalue weighted by Gasteiger charge is 2.39. The Labute approximate surface area is 123 Å². The van der Waals surface area contributed by atoms with Crippen molar-refractivity contribution in [2.45, 2.75) is 64.8 Å². The standard InChI is InChI=1S/C16H30N2O2/c1-4-20-12-10-16(8-5-9-16)13-17-14(19)18-11-6-7-15(18,2)3/h4-13H2,1-3H3,(H,17,19). The van der Waals surface area contributed by atoms with Crippen LogP contribution in [-0.4, -0.2) is 42.8 Å². The molecule has 1 saturated heterocycles. The van der Waals surface area contributed by atoms with Gasteiger partial charge in [0.2, 0.25) is 0 Å². The van der Waals surface area contributed by atoms with E-state index in [2.05, 4.69) is 19.2 Å². The number of nitrogens with zero attached hydrogens (tertiary/aromatic N) is 1. The fourth-order valence-corrected chi connectivity index (χ4v) is 3.47. The van der Waals surface area contributed by atoms with Crippen LogP contribution in [0, 0.1) is 5.41 Å². The largest absolute Gasteiger partial charge is 0.382 e. The minimum atomic E-state index is 0.0161. The van der Waals surface area contributed by atoms with E-state index in [0.717, 1.165) is 45.6 Å². The second kappa shape index (κ2) is 6.33. The molecule has 0 atom stereocenters. The summed E-state index contributed by atoms with van der Waals surface area (Å²) in [6.07, 6.45) is 7.04. The molecule has 1 saturated carbocycles. The lowest BCUT2D eigenvalue weighted by molar-refractivity contribution is 0.0536. The second-order valence-corrected chi connectivity index (χ2v) is 7.03. The first-order valence-electron chi connectivity index (χ1n) is 8.12. The van der Waals surface area contributed by atoms with E-state index in [1.165, 1.54) is 19.3 Å². The van der Waals surface area contributed by atoms with Gasteiger partial charge >= 0.3 is 6.03 Å². The molecule has 116 valence electrons. The van der Waals surface area contributed by atoms with E-state index >= 15 is 0 Å². The Kier molecular flexibility index (Phi) is 4.95. The van der Waals surface area contributed by atoms with E-state index < -0.39 is 0 Å². The summed E-state index contributed by atoms with van der Waals surface area (Å²) in [6, 6.07) is 0.121. The van der Waals surface area contributed by atoms with Gasteiger partial charge < -0.3 is 15.0 Å². The molecule has 2 fully saturated rings. The molecular weight excluding hydrogens is 252 g/mol. The summed E-state index contributed by atoms with van der Waals surface area (Å²) in [5.74, 6) is 0. The van der Waals surface area contributed by atoms with Crippen LogP contribution in [0.25, 0.3) is 0 Å². The molecule has 20 heavy (non-hydrogen) atoms. The summed E-state index contributed by atoms with van der Waals surface area (Å²) < 4.78 is 5.48.